The maximum absolute atomic E-state index is 12.6. The number of hydrogen-bond acceptors (Lipinski definition) is 8. The van der Waals surface area contributed by atoms with Gasteiger partial charge in [-0.25, -0.2) is 0 Å². The van der Waals surface area contributed by atoms with Crippen LogP contribution in [0.15, 0.2) is 51.5 Å². The van der Waals surface area contributed by atoms with Gasteiger partial charge in [0.15, 0.2) is 0 Å². The van der Waals surface area contributed by atoms with Crippen LogP contribution in [0.5, 0.6) is 5.75 Å². The molecule has 2 aromatic carbocycles. The molecule has 8 nitrogen and oxygen atoms in total. The third-order valence-electron chi connectivity index (χ3n) is 4.26. The minimum Gasteiger partial charge on any atom is -0.507 e. The quantitative estimate of drug-likeness (QED) is 0.324. The van der Waals surface area contributed by atoms with Gasteiger partial charge in [-0.1, -0.05) is 17.7 Å². The van der Waals surface area contributed by atoms with Crippen LogP contribution in [-0.2, 0) is 14.3 Å². The molecule has 10 heteroatoms. The molecule has 2 amide bonds. The van der Waals surface area contributed by atoms with Crippen LogP contribution in [0.2, 0.25) is 5.02 Å². The molecule has 1 heterocycles. The Hall–Kier alpha value is -3.17. The Labute approximate surface area is 193 Å². The second-order valence-corrected chi connectivity index (χ2v) is 8.58. The summed E-state index contributed by atoms with van der Waals surface area (Å²) < 4.78 is 4.99. The highest BCUT2D eigenvalue weighted by molar-refractivity contribution is 8.18. The summed E-state index contributed by atoms with van der Waals surface area (Å²) in [4.78, 5) is 37.5. The highest BCUT2D eigenvalue weighted by Crippen LogP contribution is 2.35. The Morgan fingerprint density at radius 3 is 2.50 bits per heavy atom. The van der Waals surface area contributed by atoms with Gasteiger partial charge in [0.25, 0.3) is 11.1 Å². The van der Waals surface area contributed by atoms with E-state index in [0.717, 1.165) is 10.5 Å². The Morgan fingerprint density at radius 1 is 1.19 bits per heavy atom. The van der Waals surface area contributed by atoms with Gasteiger partial charge in [-0.15, -0.1) is 0 Å². The van der Waals surface area contributed by atoms with E-state index >= 15 is 0 Å². The lowest BCUT2D eigenvalue weighted by molar-refractivity contribution is -0.149. The molecule has 1 fully saturated rings. The van der Waals surface area contributed by atoms with Crippen molar-refractivity contribution in [3.05, 3.63) is 57.5 Å². The van der Waals surface area contributed by atoms with Gasteiger partial charge in [-0.2, -0.15) is 10.2 Å². The molecule has 0 atom stereocenters. The minimum absolute atomic E-state index is 0.0713. The number of nitrogens with zero attached hydrogens (tertiary/aromatic N) is 3. The smallest absolute Gasteiger partial charge is 0.326 e. The van der Waals surface area contributed by atoms with Crippen LogP contribution >= 0.6 is 23.4 Å². The number of benzene rings is 2. The SMILES string of the molecule is Cc1ccc(N=Nc2ccc(O)c(/C=C3\SC(=O)N(CC(=O)OC(C)C)C3=O)c2)cc1Cl. The third kappa shape index (κ3) is 5.74. The number of rotatable bonds is 6. The number of phenolic OH excluding ortho intramolecular Hbond substituents is 1. The van der Waals surface area contributed by atoms with Crippen molar-refractivity contribution in [1.82, 2.24) is 4.90 Å². The normalized spacial score (nSPS) is 15.4. The highest BCUT2D eigenvalue weighted by atomic mass is 35.5. The number of imide groups is 1. The number of thioether (sulfide) groups is 1. The van der Waals surface area contributed by atoms with Crippen LogP contribution < -0.4 is 0 Å². The average Bonchev–Trinajstić information content (AvgIpc) is 2.97. The van der Waals surface area contributed by atoms with Gasteiger partial charge in [0, 0.05) is 10.6 Å². The number of phenols is 1. The molecular weight excluding hydrogens is 454 g/mol. The van der Waals surface area contributed by atoms with Crippen LogP contribution in [0, 0.1) is 6.92 Å². The molecule has 0 aromatic heterocycles. The molecule has 1 aliphatic heterocycles. The monoisotopic (exact) mass is 473 g/mol. The molecule has 0 radical (unpaired) electrons. The van der Waals surface area contributed by atoms with Crippen molar-refractivity contribution in [1.29, 1.82) is 0 Å². The van der Waals surface area contributed by atoms with E-state index in [1.165, 1.54) is 18.2 Å². The number of aromatic hydroxyl groups is 1. The van der Waals surface area contributed by atoms with Gasteiger partial charge in [-0.3, -0.25) is 19.3 Å². The van der Waals surface area contributed by atoms with Crippen molar-refractivity contribution in [2.75, 3.05) is 6.54 Å². The number of hydrogen-bond donors (Lipinski definition) is 1. The minimum atomic E-state index is -0.676. The van der Waals surface area contributed by atoms with E-state index in [1.807, 2.05) is 13.0 Å². The fourth-order valence-electron chi connectivity index (χ4n) is 2.69. The lowest BCUT2D eigenvalue weighted by atomic mass is 10.1. The van der Waals surface area contributed by atoms with E-state index in [0.29, 0.717) is 28.2 Å². The topological polar surface area (TPSA) is 109 Å². The molecule has 0 bridgehead atoms. The second kappa shape index (κ2) is 9.97. The Kier molecular flexibility index (Phi) is 7.32. The molecule has 0 spiro atoms. The maximum Gasteiger partial charge on any atom is 0.326 e. The standard InChI is InChI=1S/C22H20ClN3O5S/c1-12(2)31-20(28)11-26-21(29)19(32-22(26)30)9-14-8-15(6-7-18(14)27)24-25-16-5-4-13(3)17(23)10-16/h4-10,12,27H,11H2,1-3H3/b19-9-,25-24?. The van der Waals surface area contributed by atoms with Crippen molar-refractivity contribution < 1.29 is 24.2 Å². The number of amides is 2. The lowest BCUT2D eigenvalue weighted by Crippen LogP contribution is -2.35. The van der Waals surface area contributed by atoms with Crippen LogP contribution in [0.3, 0.4) is 0 Å². The zero-order chi connectivity index (χ0) is 23.4. The first kappa shape index (κ1) is 23.5. The zero-order valence-corrected chi connectivity index (χ0v) is 19.1. The summed E-state index contributed by atoms with van der Waals surface area (Å²) >= 11 is 6.77. The molecule has 32 heavy (non-hydrogen) atoms. The van der Waals surface area contributed by atoms with Gasteiger partial charge >= 0.3 is 5.97 Å². The number of aryl methyl sites for hydroxylation is 1. The van der Waals surface area contributed by atoms with Crippen molar-refractivity contribution in [2.45, 2.75) is 26.9 Å². The molecule has 166 valence electrons. The van der Waals surface area contributed by atoms with Crippen LogP contribution in [0.25, 0.3) is 6.08 Å². The Morgan fingerprint density at radius 2 is 1.84 bits per heavy atom. The van der Waals surface area contributed by atoms with E-state index < -0.39 is 23.7 Å². The fourth-order valence-corrected chi connectivity index (χ4v) is 3.69. The number of azo groups is 1. The number of carbonyl (C=O) groups excluding carboxylic acids is 3. The first-order valence-corrected chi connectivity index (χ1v) is 10.8. The third-order valence-corrected chi connectivity index (χ3v) is 5.58. The summed E-state index contributed by atoms with van der Waals surface area (Å²) in [7, 11) is 0. The first-order chi connectivity index (χ1) is 15.1. The number of ether oxygens (including phenoxy) is 1. The van der Waals surface area contributed by atoms with E-state index in [9.17, 15) is 19.5 Å². The van der Waals surface area contributed by atoms with Crippen molar-refractivity contribution in [2.24, 2.45) is 10.2 Å². The molecule has 3 rings (SSSR count). The summed E-state index contributed by atoms with van der Waals surface area (Å²) in [5.41, 5.74) is 2.18. The molecule has 0 saturated carbocycles. The van der Waals surface area contributed by atoms with Crippen molar-refractivity contribution in [3.8, 4) is 5.75 Å². The van der Waals surface area contributed by atoms with E-state index in [1.54, 1.807) is 32.0 Å². The van der Waals surface area contributed by atoms with E-state index in [2.05, 4.69) is 10.2 Å². The Balaban J connectivity index is 1.80. The number of carbonyl (C=O) groups is 3. The van der Waals surface area contributed by atoms with Gasteiger partial charge in [0.1, 0.15) is 12.3 Å². The molecule has 1 N–H and O–H groups in total. The predicted molar refractivity (Wildman–Crippen MR) is 122 cm³/mol. The summed E-state index contributed by atoms with van der Waals surface area (Å²) in [6.45, 7) is 4.75. The predicted octanol–water partition coefficient (Wildman–Crippen LogP) is 5.76. The zero-order valence-electron chi connectivity index (χ0n) is 17.5. The number of esters is 1. The van der Waals surface area contributed by atoms with Gasteiger partial charge in [0.05, 0.1) is 22.4 Å². The highest BCUT2D eigenvalue weighted by Gasteiger charge is 2.37. The van der Waals surface area contributed by atoms with Crippen molar-refractivity contribution >= 4 is 57.9 Å². The van der Waals surface area contributed by atoms with Gasteiger partial charge in [0.2, 0.25) is 0 Å². The van der Waals surface area contributed by atoms with Crippen LogP contribution in [0.1, 0.15) is 25.0 Å². The first-order valence-electron chi connectivity index (χ1n) is 9.60. The van der Waals surface area contributed by atoms with Gasteiger partial charge < -0.3 is 9.84 Å². The molecule has 1 saturated heterocycles. The van der Waals surface area contributed by atoms with E-state index in [4.69, 9.17) is 16.3 Å². The largest absolute Gasteiger partial charge is 0.507 e. The second-order valence-electron chi connectivity index (χ2n) is 7.18. The van der Waals surface area contributed by atoms with Crippen molar-refractivity contribution in [3.63, 3.8) is 0 Å². The lowest BCUT2D eigenvalue weighted by Gasteiger charge is -2.13. The van der Waals surface area contributed by atoms with E-state index in [-0.39, 0.29) is 22.3 Å². The summed E-state index contributed by atoms with van der Waals surface area (Å²) in [6.07, 6.45) is 1.01. The molecule has 1 aliphatic rings. The van der Waals surface area contributed by atoms with Gasteiger partial charge in [-0.05, 0) is 74.5 Å². The average molecular weight is 474 g/mol. The summed E-state index contributed by atoms with van der Waals surface area (Å²) in [5, 5.41) is 18.4. The van der Waals surface area contributed by atoms with Crippen LogP contribution in [0.4, 0.5) is 16.2 Å². The maximum atomic E-state index is 12.6. The number of halogens is 1. The molecule has 2 aromatic rings. The molecule has 0 unspecified atom stereocenters. The molecule has 0 aliphatic carbocycles. The summed E-state index contributed by atoms with van der Waals surface area (Å²) in [6, 6.07) is 9.77. The van der Waals surface area contributed by atoms with Crippen LogP contribution in [-0.4, -0.2) is 39.8 Å². The Bertz CT molecular complexity index is 1150. The molecular formula is C22H20ClN3O5S. The summed E-state index contributed by atoms with van der Waals surface area (Å²) in [5.74, 6) is -1.42. The fraction of sp³-hybridized carbons (Fsp3) is 0.227.